The van der Waals surface area contributed by atoms with Gasteiger partial charge in [-0.25, -0.2) is 0 Å². The molecule has 0 radical (unpaired) electrons. The lowest BCUT2D eigenvalue weighted by Crippen LogP contribution is -2.48. The van der Waals surface area contributed by atoms with Crippen LogP contribution < -0.4 is 0 Å². The van der Waals surface area contributed by atoms with Crippen LogP contribution in [0.5, 0.6) is 0 Å². The van der Waals surface area contributed by atoms with Gasteiger partial charge in [0.25, 0.3) is 0 Å². The van der Waals surface area contributed by atoms with Crippen LogP contribution in [0.25, 0.3) is 0 Å². The second-order valence-corrected chi connectivity index (χ2v) is 19.9. The van der Waals surface area contributed by atoms with Gasteiger partial charge in [-0.2, -0.15) is 0 Å². The van der Waals surface area contributed by atoms with Crippen LogP contribution in [0.3, 0.4) is 0 Å². The molecule has 0 saturated carbocycles. The Morgan fingerprint density at radius 1 is 0.974 bits per heavy atom. The molecule has 220 valence electrons. The van der Waals surface area contributed by atoms with Gasteiger partial charge in [-0.15, -0.1) is 0 Å². The highest BCUT2D eigenvalue weighted by atomic mass is 31.2. The third kappa shape index (κ3) is 10.9. The van der Waals surface area contributed by atoms with E-state index in [9.17, 15) is 9.13 Å². The molecular weight excluding hydrogens is 546 g/mol. The van der Waals surface area contributed by atoms with E-state index >= 15 is 0 Å². The van der Waals surface area contributed by atoms with Crippen molar-refractivity contribution in [2.75, 3.05) is 45.9 Å². The standard InChI is InChI=1S/C26H48O9P2Si/c1-9-31-36(6,27)33-17-18-34-37(28,32-10-2)19-16-23-25(30-20-22-14-12-11-13-15-22)24(21-29-23)35-38(7,8)26(3,4)5/h11-15,23-25H,9-10,16-21H2,1-8H3/t23-,24?,25+,36?,37?/m1/s1. The highest BCUT2D eigenvalue weighted by molar-refractivity contribution is 7.54. The molecule has 1 aliphatic heterocycles. The molecule has 1 saturated heterocycles. The van der Waals surface area contributed by atoms with E-state index in [-0.39, 0.29) is 55.9 Å². The molecule has 0 amide bonds. The molecule has 0 spiro atoms. The molecule has 1 aliphatic rings. The minimum Gasteiger partial charge on any atom is -0.409 e. The van der Waals surface area contributed by atoms with Crippen molar-refractivity contribution >= 4 is 23.5 Å². The first-order valence-corrected chi connectivity index (χ1v) is 20.0. The van der Waals surface area contributed by atoms with Gasteiger partial charge in [-0.1, -0.05) is 51.1 Å². The molecule has 3 unspecified atom stereocenters. The minimum absolute atomic E-state index is 0.0178. The SMILES string of the molecule is CCOP(C)(=O)OCCOP(=O)(CC[C@H]1OCC(O[Si](C)(C)C(C)(C)C)[C@H]1OCc1ccccc1)OCC. The molecule has 12 heteroatoms. The molecule has 0 N–H and O–H groups in total. The summed E-state index contributed by atoms with van der Waals surface area (Å²) in [6, 6.07) is 9.98. The Morgan fingerprint density at radius 3 is 2.21 bits per heavy atom. The van der Waals surface area contributed by atoms with Crippen LogP contribution in [0.2, 0.25) is 18.1 Å². The highest BCUT2D eigenvalue weighted by Gasteiger charge is 2.46. The van der Waals surface area contributed by atoms with Gasteiger partial charge in [0.05, 0.1) is 58.0 Å². The maximum atomic E-state index is 13.4. The third-order valence-electron chi connectivity index (χ3n) is 6.82. The van der Waals surface area contributed by atoms with Crippen LogP contribution in [0.15, 0.2) is 30.3 Å². The van der Waals surface area contributed by atoms with E-state index in [0.717, 1.165) is 5.56 Å². The van der Waals surface area contributed by atoms with Crippen LogP contribution in [-0.2, 0) is 47.7 Å². The lowest BCUT2D eigenvalue weighted by atomic mass is 10.1. The van der Waals surface area contributed by atoms with Crippen LogP contribution in [-0.4, -0.2) is 72.5 Å². The summed E-state index contributed by atoms with van der Waals surface area (Å²) in [6.07, 6.45) is -0.294. The Hall–Kier alpha value is -0.383. The van der Waals surface area contributed by atoms with Gasteiger partial charge < -0.3 is 32.0 Å². The van der Waals surface area contributed by atoms with Gasteiger partial charge >= 0.3 is 15.2 Å². The van der Waals surface area contributed by atoms with E-state index in [1.54, 1.807) is 13.8 Å². The fourth-order valence-electron chi connectivity index (χ4n) is 3.83. The topological polar surface area (TPSA) is 98.8 Å². The van der Waals surface area contributed by atoms with Gasteiger partial charge in [-0.3, -0.25) is 9.13 Å². The monoisotopic (exact) mass is 594 g/mol. The zero-order chi connectivity index (χ0) is 28.5. The van der Waals surface area contributed by atoms with Crippen molar-refractivity contribution in [2.45, 2.75) is 84.1 Å². The van der Waals surface area contributed by atoms with Crippen LogP contribution in [0.1, 0.15) is 46.6 Å². The Bertz CT molecular complexity index is 923. The fraction of sp³-hybridized carbons (Fsp3) is 0.769. The zero-order valence-corrected chi connectivity index (χ0v) is 27.1. The fourth-order valence-corrected chi connectivity index (χ4v) is 7.74. The number of hydrogen-bond donors (Lipinski definition) is 0. The number of hydrogen-bond acceptors (Lipinski definition) is 9. The molecule has 38 heavy (non-hydrogen) atoms. The Kier molecular flexibility index (Phi) is 13.4. The van der Waals surface area contributed by atoms with Gasteiger partial charge in [0.15, 0.2) is 8.32 Å². The van der Waals surface area contributed by atoms with Crippen molar-refractivity contribution in [3.8, 4) is 0 Å². The summed E-state index contributed by atoms with van der Waals surface area (Å²) >= 11 is 0. The molecule has 1 fully saturated rings. The van der Waals surface area contributed by atoms with Gasteiger partial charge in [-0.05, 0) is 44.0 Å². The van der Waals surface area contributed by atoms with E-state index in [1.807, 2.05) is 30.3 Å². The number of benzene rings is 1. The summed E-state index contributed by atoms with van der Waals surface area (Å²) in [6.45, 7) is 17.3. The molecule has 0 bridgehead atoms. The van der Waals surface area contributed by atoms with Crippen molar-refractivity contribution in [1.82, 2.24) is 0 Å². The van der Waals surface area contributed by atoms with Crippen molar-refractivity contribution in [1.29, 1.82) is 0 Å². The van der Waals surface area contributed by atoms with Crippen LogP contribution in [0.4, 0.5) is 0 Å². The molecule has 0 aromatic heterocycles. The van der Waals surface area contributed by atoms with E-state index < -0.39 is 23.5 Å². The maximum Gasteiger partial charge on any atom is 0.330 e. The Labute approximate surface area is 230 Å². The molecule has 1 aromatic carbocycles. The molecule has 1 aromatic rings. The average molecular weight is 595 g/mol. The van der Waals surface area contributed by atoms with Crippen molar-refractivity contribution in [3.63, 3.8) is 0 Å². The first kappa shape index (κ1) is 33.8. The van der Waals surface area contributed by atoms with Crippen molar-refractivity contribution < 1.29 is 41.1 Å². The normalized spacial score (nSPS) is 23.7. The predicted octanol–water partition coefficient (Wildman–Crippen LogP) is 6.87. The van der Waals surface area contributed by atoms with Crippen LogP contribution in [0, 0.1) is 0 Å². The predicted molar refractivity (Wildman–Crippen MR) is 153 cm³/mol. The summed E-state index contributed by atoms with van der Waals surface area (Å²) in [5.74, 6) is 0. The molecule has 5 atom stereocenters. The van der Waals surface area contributed by atoms with E-state index in [2.05, 4.69) is 33.9 Å². The Balaban J connectivity index is 2.05. The largest absolute Gasteiger partial charge is 0.409 e. The second-order valence-electron chi connectivity index (χ2n) is 10.9. The first-order valence-electron chi connectivity index (χ1n) is 13.4. The quantitative estimate of drug-likeness (QED) is 0.109. The molecule has 9 nitrogen and oxygen atoms in total. The van der Waals surface area contributed by atoms with Gasteiger partial charge in [0.2, 0.25) is 0 Å². The Morgan fingerprint density at radius 2 is 1.61 bits per heavy atom. The summed E-state index contributed by atoms with van der Waals surface area (Å²) in [5.41, 5.74) is 1.06. The van der Waals surface area contributed by atoms with Crippen LogP contribution >= 0.6 is 15.2 Å². The maximum absolute atomic E-state index is 13.4. The summed E-state index contributed by atoms with van der Waals surface area (Å²) in [4.78, 5) is 0. The van der Waals surface area contributed by atoms with Gasteiger partial charge in [0, 0.05) is 6.66 Å². The van der Waals surface area contributed by atoms with Crippen molar-refractivity contribution in [3.05, 3.63) is 35.9 Å². The van der Waals surface area contributed by atoms with E-state index in [0.29, 0.717) is 19.6 Å². The van der Waals surface area contributed by atoms with E-state index in [4.69, 9.17) is 32.0 Å². The number of ether oxygens (including phenoxy) is 2. The molecule has 2 rings (SSSR count). The molecular formula is C26H48O9P2Si. The highest BCUT2D eigenvalue weighted by Crippen LogP contribution is 2.50. The smallest absolute Gasteiger partial charge is 0.330 e. The third-order valence-corrected chi connectivity index (χ3v) is 14.7. The molecule has 1 heterocycles. The summed E-state index contributed by atoms with van der Waals surface area (Å²) in [7, 11) is -8.67. The van der Waals surface area contributed by atoms with Gasteiger partial charge in [0.1, 0.15) is 6.10 Å². The minimum atomic E-state index is -3.44. The average Bonchev–Trinajstić information content (AvgIpc) is 3.20. The zero-order valence-electron chi connectivity index (χ0n) is 24.3. The lowest BCUT2D eigenvalue weighted by Gasteiger charge is -2.39. The lowest BCUT2D eigenvalue weighted by molar-refractivity contribution is -0.0440. The van der Waals surface area contributed by atoms with Crippen molar-refractivity contribution in [2.24, 2.45) is 0 Å². The number of rotatable bonds is 17. The molecule has 0 aliphatic carbocycles. The first-order chi connectivity index (χ1) is 17.7. The van der Waals surface area contributed by atoms with E-state index in [1.165, 1.54) is 6.66 Å². The summed E-state index contributed by atoms with van der Waals surface area (Å²) < 4.78 is 66.3. The second kappa shape index (κ2) is 15.0. The summed E-state index contributed by atoms with van der Waals surface area (Å²) in [5, 5.41) is 0.0419.